The van der Waals surface area contributed by atoms with Gasteiger partial charge < -0.3 is 9.64 Å². The minimum Gasteiger partial charge on any atom is -0.427 e. The predicted octanol–water partition coefficient (Wildman–Crippen LogP) is 3.41. The number of para-hydroxylation sites is 1. The summed E-state index contributed by atoms with van der Waals surface area (Å²) < 4.78 is 54.8. The van der Waals surface area contributed by atoms with E-state index >= 15 is 0 Å². The third-order valence-electron chi connectivity index (χ3n) is 4.44. The van der Waals surface area contributed by atoms with Crippen LogP contribution in [-0.4, -0.2) is 36.4 Å². The Morgan fingerprint density at radius 1 is 1.41 bits per heavy atom. The van der Waals surface area contributed by atoms with Crippen LogP contribution in [-0.2, 0) is 0 Å². The minimum absolute atomic E-state index is 0.109. The van der Waals surface area contributed by atoms with E-state index in [2.05, 4.69) is 11.7 Å². The Hall–Kier alpha value is -1.79. The highest BCUT2D eigenvalue weighted by molar-refractivity contribution is 5.97. The van der Waals surface area contributed by atoms with Gasteiger partial charge in [0, 0.05) is 13.1 Å². The van der Waals surface area contributed by atoms with Crippen molar-refractivity contribution < 1.29 is 27.1 Å². The molecule has 1 amide bonds. The second kappa shape index (κ2) is 4.86. The second-order valence-electron chi connectivity index (χ2n) is 6.20. The Bertz CT molecular complexity index is 607. The Morgan fingerprint density at radius 2 is 2.09 bits per heavy atom. The molecule has 120 valence electrons. The molecule has 1 saturated carbocycles. The number of alkyl halides is 4. The summed E-state index contributed by atoms with van der Waals surface area (Å²) in [6.45, 7) is 3.18. The molecule has 1 aromatic carbocycles. The zero-order valence-corrected chi connectivity index (χ0v) is 11.9. The number of ether oxygens (including phenoxy) is 1. The van der Waals surface area contributed by atoms with Crippen LogP contribution in [0, 0.1) is 11.3 Å². The van der Waals surface area contributed by atoms with Crippen LogP contribution in [0.15, 0.2) is 24.3 Å². The van der Waals surface area contributed by atoms with E-state index in [0.29, 0.717) is 19.0 Å². The van der Waals surface area contributed by atoms with Gasteiger partial charge in [-0.3, -0.25) is 4.79 Å². The highest BCUT2D eigenvalue weighted by atomic mass is 19.3. The number of hydrogen-bond donors (Lipinski definition) is 0. The Kier molecular flexibility index (Phi) is 3.34. The van der Waals surface area contributed by atoms with Crippen LogP contribution in [0.4, 0.5) is 17.6 Å². The van der Waals surface area contributed by atoms with Crippen molar-refractivity contribution in [1.29, 1.82) is 0 Å². The number of amides is 1. The first-order valence-electron chi connectivity index (χ1n) is 6.96. The lowest BCUT2D eigenvalue weighted by molar-refractivity contribution is -0.253. The first-order valence-corrected chi connectivity index (χ1v) is 6.96. The summed E-state index contributed by atoms with van der Waals surface area (Å²) in [5.74, 6) is -0.551. The van der Waals surface area contributed by atoms with Gasteiger partial charge in [0.15, 0.2) is 0 Å². The van der Waals surface area contributed by atoms with Crippen molar-refractivity contribution in [2.75, 3.05) is 13.1 Å². The number of piperidine rings is 1. The number of benzene rings is 1. The highest BCUT2D eigenvalue weighted by Crippen LogP contribution is 2.57. The zero-order chi connectivity index (χ0) is 16.1. The largest absolute Gasteiger partial charge is 0.461 e. The summed E-state index contributed by atoms with van der Waals surface area (Å²) >= 11 is 0. The number of rotatable bonds is 4. The van der Waals surface area contributed by atoms with Crippen molar-refractivity contribution >= 4 is 5.91 Å². The second-order valence-corrected chi connectivity index (χ2v) is 6.20. The molecule has 1 aliphatic heterocycles. The fraction of sp³-hybridized carbons (Fsp3) is 0.533. The van der Waals surface area contributed by atoms with E-state index in [4.69, 9.17) is 0 Å². The average Bonchev–Trinajstić information content (AvgIpc) is 2.95. The molecule has 3 nitrogen and oxygen atoms in total. The number of fused-ring (bicyclic) bond motifs is 1. The van der Waals surface area contributed by atoms with Crippen molar-refractivity contribution in [3.05, 3.63) is 29.8 Å². The van der Waals surface area contributed by atoms with E-state index in [1.165, 1.54) is 18.2 Å². The van der Waals surface area contributed by atoms with E-state index < -0.39 is 24.2 Å². The van der Waals surface area contributed by atoms with Gasteiger partial charge in [0.05, 0.1) is 5.56 Å². The molecule has 0 aromatic heterocycles. The fourth-order valence-electron chi connectivity index (χ4n) is 3.00. The van der Waals surface area contributed by atoms with Gasteiger partial charge in [-0.2, -0.15) is 17.6 Å². The van der Waals surface area contributed by atoms with Crippen molar-refractivity contribution in [3.8, 4) is 5.75 Å². The van der Waals surface area contributed by atoms with E-state index in [1.807, 2.05) is 0 Å². The monoisotopic (exact) mass is 317 g/mol. The SMILES string of the molecule is CC12CC1CN(C(=O)c1ccccc1OC(F)(F)C(F)F)C2. The van der Waals surface area contributed by atoms with Gasteiger partial charge in [-0.25, -0.2) is 0 Å². The molecule has 0 radical (unpaired) electrons. The first-order chi connectivity index (χ1) is 10.2. The van der Waals surface area contributed by atoms with E-state index in [-0.39, 0.29) is 11.0 Å². The lowest BCUT2D eigenvalue weighted by Crippen LogP contribution is -2.35. The van der Waals surface area contributed by atoms with E-state index in [9.17, 15) is 22.4 Å². The molecule has 3 rings (SSSR count). The van der Waals surface area contributed by atoms with E-state index in [1.54, 1.807) is 4.90 Å². The lowest BCUT2D eigenvalue weighted by atomic mass is 10.1. The van der Waals surface area contributed by atoms with Crippen molar-refractivity contribution in [3.63, 3.8) is 0 Å². The molecular weight excluding hydrogens is 302 g/mol. The fourth-order valence-corrected chi connectivity index (χ4v) is 3.00. The van der Waals surface area contributed by atoms with Crippen LogP contribution in [0.25, 0.3) is 0 Å². The van der Waals surface area contributed by atoms with Gasteiger partial charge in [0.1, 0.15) is 5.75 Å². The highest BCUT2D eigenvalue weighted by Gasteiger charge is 2.57. The average molecular weight is 317 g/mol. The maximum atomic E-state index is 13.1. The summed E-state index contributed by atoms with van der Waals surface area (Å²) in [4.78, 5) is 14.0. The number of carbonyl (C=O) groups excluding carboxylic acids is 1. The molecular formula is C15H15F4NO2. The normalized spacial score (nSPS) is 27.0. The van der Waals surface area contributed by atoms with Gasteiger partial charge in [0.25, 0.3) is 5.91 Å². The molecule has 0 bridgehead atoms. The summed E-state index contributed by atoms with van der Waals surface area (Å²) in [6.07, 6.45) is -7.54. The van der Waals surface area contributed by atoms with Gasteiger partial charge in [-0.15, -0.1) is 0 Å². The van der Waals surface area contributed by atoms with Crippen LogP contribution < -0.4 is 4.74 Å². The molecule has 2 fully saturated rings. The molecule has 1 heterocycles. The summed E-state index contributed by atoms with van der Waals surface area (Å²) in [7, 11) is 0. The topological polar surface area (TPSA) is 29.5 Å². The molecule has 2 atom stereocenters. The maximum absolute atomic E-state index is 13.1. The number of likely N-dealkylation sites (tertiary alicyclic amines) is 1. The Balaban J connectivity index is 1.81. The number of carbonyl (C=O) groups is 1. The van der Waals surface area contributed by atoms with Crippen LogP contribution in [0.1, 0.15) is 23.7 Å². The Morgan fingerprint density at radius 3 is 2.68 bits per heavy atom. The number of halogens is 4. The molecule has 22 heavy (non-hydrogen) atoms. The van der Waals surface area contributed by atoms with Crippen molar-refractivity contribution in [1.82, 2.24) is 4.90 Å². The number of nitrogens with zero attached hydrogens (tertiary/aromatic N) is 1. The van der Waals surface area contributed by atoms with Crippen molar-refractivity contribution in [2.45, 2.75) is 25.9 Å². The molecule has 2 aliphatic rings. The van der Waals surface area contributed by atoms with Crippen LogP contribution >= 0.6 is 0 Å². The molecule has 7 heteroatoms. The molecule has 1 aliphatic carbocycles. The summed E-state index contributed by atoms with van der Waals surface area (Å²) in [6, 6.07) is 5.25. The molecule has 0 spiro atoms. The number of hydrogen-bond acceptors (Lipinski definition) is 2. The van der Waals surface area contributed by atoms with Crippen LogP contribution in [0.5, 0.6) is 5.75 Å². The maximum Gasteiger partial charge on any atom is 0.461 e. The minimum atomic E-state index is -4.63. The van der Waals surface area contributed by atoms with Gasteiger partial charge in [-0.05, 0) is 29.9 Å². The Labute approximate surface area is 124 Å². The standard InChI is InChI=1S/C15H15F4NO2/c1-14-6-9(14)7-20(8-14)12(21)10-4-2-3-5-11(10)22-15(18,19)13(16)17/h2-5,9,13H,6-8H2,1H3. The molecule has 1 aromatic rings. The third kappa shape index (κ3) is 2.53. The van der Waals surface area contributed by atoms with Crippen LogP contribution in [0.3, 0.4) is 0 Å². The molecule has 1 saturated heterocycles. The first kappa shape index (κ1) is 15.1. The van der Waals surface area contributed by atoms with Gasteiger partial charge in [-0.1, -0.05) is 19.1 Å². The smallest absolute Gasteiger partial charge is 0.427 e. The van der Waals surface area contributed by atoms with Crippen molar-refractivity contribution in [2.24, 2.45) is 11.3 Å². The third-order valence-corrected chi connectivity index (χ3v) is 4.44. The molecule has 0 N–H and O–H groups in total. The summed E-state index contributed by atoms with van der Waals surface area (Å²) in [5.41, 5.74) is -0.00835. The van der Waals surface area contributed by atoms with Gasteiger partial charge in [0.2, 0.25) is 0 Å². The van der Waals surface area contributed by atoms with E-state index in [0.717, 1.165) is 12.5 Å². The zero-order valence-electron chi connectivity index (χ0n) is 11.9. The lowest BCUT2D eigenvalue weighted by Gasteiger charge is -2.23. The van der Waals surface area contributed by atoms with Crippen LogP contribution in [0.2, 0.25) is 0 Å². The predicted molar refractivity (Wildman–Crippen MR) is 70.1 cm³/mol. The molecule has 2 unspecified atom stereocenters. The quantitative estimate of drug-likeness (QED) is 0.797. The summed E-state index contributed by atoms with van der Waals surface area (Å²) in [5, 5.41) is 0. The van der Waals surface area contributed by atoms with Gasteiger partial charge >= 0.3 is 12.5 Å².